The second-order valence-electron chi connectivity index (χ2n) is 4.13. The number of hydrogen-bond donors (Lipinski definition) is 1. The van der Waals surface area contributed by atoms with Crippen molar-refractivity contribution in [2.45, 2.75) is 6.42 Å². The van der Waals surface area contributed by atoms with Gasteiger partial charge in [0.1, 0.15) is 11.5 Å². The van der Waals surface area contributed by atoms with E-state index in [1.165, 1.54) is 12.1 Å². The van der Waals surface area contributed by atoms with Gasteiger partial charge >= 0.3 is 5.63 Å². The number of carbonyl (C=O) groups is 1. The van der Waals surface area contributed by atoms with Crippen LogP contribution in [0.25, 0.3) is 6.08 Å². The Balaban J connectivity index is 2.05. The molecule has 0 spiro atoms. The van der Waals surface area contributed by atoms with Crippen molar-refractivity contribution in [1.29, 1.82) is 0 Å². The van der Waals surface area contributed by atoms with Gasteiger partial charge in [0.05, 0.1) is 12.5 Å². The highest BCUT2D eigenvalue weighted by Gasteiger charge is 2.05. The zero-order valence-corrected chi connectivity index (χ0v) is 11.1. The Morgan fingerprint density at radius 2 is 1.95 bits per heavy atom. The van der Waals surface area contributed by atoms with Crippen molar-refractivity contribution in [1.82, 2.24) is 0 Å². The SMILES string of the molecule is O=C(/C=C/c1ccc(Cl)cc1)Cc1cc(O)cc(=O)o1. The second kappa shape index (κ2) is 6.21. The van der Waals surface area contributed by atoms with Crippen LogP contribution in [0.15, 0.2) is 51.7 Å². The van der Waals surface area contributed by atoms with E-state index in [9.17, 15) is 14.7 Å². The molecule has 1 N–H and O–H groups in total. The smallest absolute Gasteiger partial charge is 0.339 e. The maximum Gasteiger partial charge on any atom is 0.339 e. The van der Waals surface area contributed by atoms with Crippen molar-refractivity contribution in [3.63, 3.8) is 0 Å². The summed E-state index contributed by atoms with van der Waals surface area (Å²) in [6.45, 7) is 0. The van der Waals surface area contributed by atoms with Gasteiger partial charge in [-0.25, -0.2) is 4.79 Å². The Kier molecular flexibility index (Phi) is 4.38. The van der Waals surface area contributed by atoms with Crippen molar-refractivity contribution >= 4 is 23.5 Å². The van der Waals surface area contributed by atoms with E-state index in [4.69, 9.17) is 16.0 Å². The van der Waals surface area contributed by atoms with E-state index in [0.717, 1.165) is 11.6 Å². The van der Waals surface area contributed by atoms with Crippen LogP contribution in [0.3, 0.4) is 0 Å². The monoisotopic (exact) mass is 290 g/mol. The first-order chi connectivity index (χ1) is 9.52. The van der Waals surface area contributed by atoms with Gasteiger partial charge in [-0.3, -0.25) is 4.79 Å². The number of ketones is 1. The summed E-state index contributed by atoms with van der Waals surface area (Å²) in [5.41, 5.74) is 0.148. The van der Waals surface area contributed by atoms with Crippen molar-refractivity contribution in [2.24, 2.45) is 0 Å². The predicted molar refractivity (Wildman–Crippen MR) is 75.8 cm³/mol. The Bertz CT molecular complexity index is 699. The number of aromatic hydroxyl groups is 1. The molecular weight excluding hydrogens is 280 g/mol. The molecule has 1 aromatic carbocycles. The number of hydrogen-bond acceptors (Lipinski definition) is 4. The van der Waals surface area contributed by atoms with Crippen LogP contribution in [0, 0.1) is 0 Å². The number of halogens is 1. The molecule has 5 heteroatoms. The number of benzene rings is 1. The van der Waals surface area contributed by atoms with Gasteiger partial charge in [-0.15, -0.1) is 0 Å². The quantitative estimate of drug-likeness (QED) is 0.879. The summed E-state index contributed by atoms with van der Waals surface area (Å²) in [4.78, 5) is 22.8. The summed E-state index contributed by atoms with van der Waals surface area (Å²) < 4.78 is 4.81. The highest BCUT2D eigenvalue weighted by molar-refractivity contribution is 6.30. The molecule has 20 heavy (non-hydrogen) atoms. The molecule has 1 aromatic heterocycles. The summed E-state index contributed by atoms with van der Waals surface area (Å²) >= 11 is 5.75. The van der Waals surface area contributed by atoms with Crippen molar-refractivity contribution < 1.29 is 14.3 Å². The zero-order chi connectivity index (χ0) is 14.5. The van der Waals surface area contributed by atoms with E-state index in [1.807, 2.05) is 0 Å². The van der Waals surface area contributed by atoms with Gasteiger partial charge in [0.15, 0.2) is 5.78 Å². The number of allylic oxidation sites excluding steroid dienone is 1. The van der Waals surface area contributed by atoms with E-state index in [2.05, 4.69) is 0 Å². The van der Waals surface area contributed by atoms with Crippen molar-refractivity contribution in [3.8, 4) is 5.75 Å². The molecule has 0 aliphatic rings. The van der Waals surface area contributed by atoms with Crippen molar-refractivity contribution in [3.05, 3.63) is 69.2 Å². The van der Waals surface area contributed by atoms with E-state index in [1.54, 1.807) is 30.3 Å². The van der Waals surface area contributed by atoms with Gasteiger partial charge in [-0.2, -0.15) is 0 Å². The summed E-state index contributed by atoms with van der Waals surface area (Å²) in [7, 11) is 0. The molecule has 1 heterocycles. The minimum atomic E-state index is -0.686. The molecule has 0 fully saturated rings. The molecule has 0 saturated heterocycles. The first-order valence-corrected chi connectivity index (χ1v) is 6.20. The van der Waals surface area contributed by atoms with Crippen LogP contribution >= 0.6 is 11.6 Å². The molecule has 2 rings (SSSR count). The standard InChI is InChI=1S/C15H11ClO4/c16-11-4-1-10(2-5-11)3-6-12(17)7-14-8-13(18)9-15(19)20-14/h1-6,8-9,18H,7H2/b6-3+. The van der Waals surface area contributed by atoms with Gasteiger partial charge in [0.25, 0.3) is 0 Å². The normalized spacial score (nSPS) is 10.8. The molecular formula is C15H11ClO4. The van der Waals surface area contributed by atoms with Crippen LogP contribution in [0.2, 0.25) is 5.02 Å². The second-order valence-corrected chi connectivity index (χ2v) is 4.57. The summed E-state index contributed by atoms with van der Waals surface area (Å²) in [5.74, 6) is -0.333. The molecule has 2 aromatic rings. The molecule has 0 bridgehead atoms. The van der Waals surface area contributed by atoms with Crippen LogP contribution in [-0.2, 0) is 11.2 Å². The minimum Gasteiger partial charge on any atom is -0.508 e. The van der Waals surface area contributed by atoms with E-state index in [-0.39, 0.29) is 23.7 Å². The lowest BCUT2D eigenvalue weighted by molar-refractivity contribution is -0.114. The molecule has 0 radical (unpaired) electrons. The average molecular weight is 291 g/mol. The summed E-state index contributed by atoms with van der Waals surface area (Å²) in [5, 5.41) is 9.86. The van der Waals surface area contributed by atoms with Gasteiger partial charge in [0.2, 0.25) is 0 Å². The molecule has 0 unspecified atom stereocenters. The Morgan fingerprint density at radius 3 is 2.60 bits per heavy atom. The van der Waals surface area contributed by atoms with Gasteiger partial charge in [-0.05, 0) is 23.8 Å². The number of carbonyl (C=O) groups excluding carboxylic acids is 1. The topological polar surface area (TPSA) is 67.5 Å². The maximum absolute atomic E-state index is 11.7. The first kappa shape index (κ1) is 14.1. The molecule has 4 nitrogen and oxygen atoms in total. The van der Waals surface area contributed by atoms with Crippen LogP contribution in [0.5, 0.6) is 5.75 Å². The fourth-order valence-corrected chi connectivity index (χ4v) is 1.72. The Morgan fingerprint density at radius 1 is 1.25 bits per heavy atom. The zero-order valence-electron chi connectivity index (χ0n) is 10.4. The summed E-state index contributed by atoms with van der Waals surface area (Å²) in [6.07, 6.45) is 2.93. The van der Waals surface area contributed by atoms with Crippen LogP contribution < -0.4 is 5.63 Å². The van der Waals surface area contributed by atoms with Crippen LogP contribution in [-0.4, -0.2) is 10.9 Å². The fraction of sp³-hybridized carbons (Fsp3) is 0.0667. The lowest BCUT2D eigenvalue weighted by atomic mass is 10.1. The fourth-order valence-electron chi connectivity index (χ4n) is 1.60. The summed E-state index contributed by atoms with van der Waals surface area (Å²) in [6, 6.07) is 9.19. The van der Waals surface area contributed by atoms with Crippen molar-refractivity contribution in [2.75, 3.05) is 0 Å². The first-order valence-electron chi connectivity index (χ1n) is 5.82. The van der Waals surface area contributed by atoms with E-state index in [0.29, 0.717) is 5.02 Å². The lowest BCUT2D eigenvalue weighted by Gasteiger charge is -1.97. The van der Waals surface area contributed by atoms with Gasteiger partial charge < -0.3 is 9.52 Å². The Labute approximate surface area is 119 Å². The van der Waals surface area contributed by atoms with Crippen LogP contribution in [0.1, 0.15) is 11.3 Å². The molecule has 0 aliphatic carbocycles. The predicted octanol–water partition coefficient (Wildman–Crippen LogP) is 2.82. The molecule has 0 atom stereocenters. The molecule has 102 valence electrons. The van der Waals surface area contributed by atoms with E-state index >= 15 is 0 Å². The van der Waals surface area contributed by atoms with Gasteiger partial charge in [-0.1, -0.05) is 29.8 Å². The highest BCUT2D eigenvalue weighted by atomic mass is 35.5. The minimum absolute atomic E-state index is 0.0896. The highest BCUT2D eigenvalue weighted by Crippen LogP contribution is 2.12. The molecule has 0 saturated carbocycles. The van der Waals surface area contributed by atoms with E-state index < -0.39 is 5.63 Å². The third kappa shape index (κ3) is 4.10. The largest absolute Gasteiger partial charge is 0.508 e. The third-order valence-corrected chi connectivity index (χ3v) is 2.74. The molecule has 0 aliphatic heterocycles. The maximum atomic E-state index is 11.7. The average Bonchev–Trinajstić information content (AvgIpc) is 2.37. The van der Waals surface area contributed by atoms with Crippen LogP contribution in [0.4, 0.5) is 0 Å². The molecule has 0 amide bonds. The third-order valence-electron chi connectivity index (χ3n) is 2.49. The lowest BCUT2D eigenvalue weighted by Crippen LogP contribution is -2.03. The Hall–Kier alpha value is -2.33. The van der Waals surface area contributed by atoms with Gasteiger partial charge in [0, 0.05) is 11.1 Å². The number of rotatable bonds is 4.